The number of benzene rings is 3. The molecule has 0 aliphatic heterocycles. The summed E-state index contributed by atoms with van der Waals surface area (Å²) in [5, 5.41) is 20.8. The van der Waals surface area contributed by atoms with Gasteiger partial charge in [0.2, 0.25) is 0 Å². The summed E-state index contributed by atoms with van der Waals surface area (Å²) in [5.74, 6) is -1.45. The Morgan fingerprint density at radius 2 is 1.85 bits per heavy atom. The fourth-order valence-corrected chi connectivity index (χ4v) is 3.04. The normalized spacial score (nSPS) is 9.94. The van der Waals surface area contributed by atoms with Gasteiger partial charge in [-0.2, -0.15) is 5.26 Å². The summed E-state index contributed by atoms with van der Waals surface area (Å²) in [7, 11) is 3.22. The summed E-state index contributed by atoms with van der Waals surface area (Å²) < 4.78 is 36.3. The van der Waals surface area contributed by atoms with Gasteiger partial charge in [-0.3, -0.25) is 0 Å². The summed E-state index contributed by atoms with van der Waals surface area (Å²) in [4.78, 5) is 11.3. The maximum atomic E-state index is 13.7. The highest BCUT2D eigenvalue weighted by atomic mass is 32.1. The zero-order valence-electron chi connectivity index (χ0n) is 17.9. The lowest BCUT2D eigenvalue weighted by Crippen LogP contribution is -2.10. The molecule has 0 radical (unpaired) electrons. The summed E-state index contributed by atoms with van der Waals surface area (Å²) in [5.41, 5.74) is 2.10. The minimum Gasteiger partial charge on any atom is -0.494 e. The minimum atomic E-state index is -1.10. The molecule has 0 aliphatic rings. The molecule has 0 unspecified atom stereocenters. The van der Waals surface area contributed by atoms with E-state index in [9.17, 15) is 13.6 Å². The fraction of sp³-hybridized carbons (Fsp3) is 0.167. The summed E-state index contributed by atoms with van der Waals surface area (Å²) in [6, 6.07) is 15.6. The molecule has 172 valence electrons. The van der Waals surface area contributed by atoms with Crippen LogP contribution >= 0.6 is 12.6 Å². The number of nitrogens with zero attached hydrogens (tertiary/aromatic N) is 1. The molecule has 0 aromatic heterocycles. The quantitative estimate of drug-likeness (QED) is 0.433. The first-order valence-electron chi connectivity index (χ1n) is 9.63. The van der Waals surface area contributed by atoms with E-state index >= 15 is 0 Å². The zero-order chi connectivity index (χ0) is 24.4. The summed E-state index contributed by atoms with van der Waals surface area (Å²) in [6.07, 6.45) is 0. The number of thiol groups is 1. The van der Waals surface area contributed by atoms with Crippen LogP contribution in [0.3, 0.4) is 0 Å². The minimum absolute atomic E-state index is 0.184. The Kier molecular flexibility index (Phi) is 9.66. The largest absolute Gasteiger partial charge is 0.494 e. The molecule has 6 nitrogen and oxygen atoms in total. The van der Waals surface area contributed by atoms with Gasteiger partial charge < -0.3 is 19.9 Å². The van der Waals surface area contributed by atoms with E-state index in [-0.39, 0.29) is 17.1 Å². The highest BCUT2D eigenvalue weighted by molar-refractivity contribution is 7.80. The molecule has 2 N–H and O–H groups in total. The van der Waals surface area contributed by atoms with Crippen LogP contribution in [0.25, 0.3) is 11.1 Å². The van der Waals surface area contributed by atoms with Crippen LogP contribution < -0.4 is 14.8 Å². The first-order valence-corrected chi connectivity index (χ1v) is 10.1. The average molecular weight is 473 g/mol. The van der Waals surface area contributed by atoms with Crippen molar-refractivity contribution in [1.29, 1.82) is 5.26 Å². The predicted octanol–water partition coefficient (Wildman–Crippen LogP) is 4.67. The molecule has 0 atom stereocenters. The lowest BCUT2D eigenvalue weighted by atomic mass is 10.00. The zero-order valence-corrected chi connectivity index (χ0v) is 18.8. The molecule has 0 bridgehead atoms. The van der Waals surface area contributed by atoms with Crippen molar-refractivity contribution in [2.75, 3.05) is 20.8 Å². The van der Waals surface area contributed by atoms with Gasteiger partial charge in [0.05, 0.1) is 18.7 Å². The van der Waals surface area contributed by atoms with Crippen LogP contribution in [-0.4, -0.2) is 31.8 Å². The smallest absolute Gasteiger partial charge is 0.341 e. The average Bonchev–Trinajstić information content (AvgIpc) is 2.78. The molecule has 3 rings (SSSR count). The van der Waals surface area contributed by atoms with E-state index < -0.39 is 18.4 Å². The summed E-state index contributed by atoms with van der Waals surface area (Å²) >= 11 is 3.94. The summed E-state index contributed by atoms with van der Waals surface area (Å²) in [6.45, 7) is 0.0887. The Morgan fingerprint density at radius 1 is 1.12 bits per heavy atom. The fourth-order valence-electron chi connectivity index (χ4n) is 2.85. The van der Waals surface area contributed by atoms with Crippen LogP contribution in [0.1, 0.15) is 11.1 Å². The third-order valence-corrected chi connectivity index (χ3v) is 4.53. The number of ether oxygens (including phenoxy) is 2. The van der Waals surface area contributed by atoms with Gasteiger partial charge in [0.25, 0.3) is 0 Å². The Morgan fingerprint density at radius 3 is 2.45 bits per heavy atom. The number of methoxy groups -OCH3 is 1. The second-order valence-corrected chi connectivity index (χ2v) is 7.22. The van der Waals surface area contributed by atoms with E-state index in [4.69, 9.17) is 19.8 Å². The number of nitrogens with one attached hydrogen (secondary N) is 1. The van der Waals surface area contributed by atoms with Crippen molar-refractivity contribution in [3.63, 3.8) is 0 Å². The van der Waals surface area contributed by atoms with E-state index in [1.54, 1.807) is 31.3 Å². The van der Waals surface area contributed by atoms with Gasteiger partial charge in [0, 0.05) is 17.0 Å². The topological polar surface area (TPSA) is 91.6 Å². The Bertz CT molecular complexity index is 1170. The van der Waals surface area contributed by atoms with E-state index in [0.717, 1.165) is 11.6 Å². The van der Waals surface area contributed by atoms with Crippen LogP contribution in [0.5, 0.6) is 11.5 Å². The first kappa shape index (κ1) is 25.6. The van der Waals surface area contributed by atoms with Gasteiger partial charge in [-0.1, -0.05) is 6.07 Å². The Labute approximate surface area is 195 Å². The first-order chi connectivity index (χ1) is 15.8. The van der Waals surface area contributed by atoms with Crippen LogP contribution in [0, 0.1) is 23.0 Å². The van der Waals surface area contributed by atoms with Crippen LogP contribution in [0.2, 0.25) is 0 Å². The van der Waals surface area contributed by atoms with Gasteiger partial charge >= 0.3 is 5.97 Å². The van der Waals surface area contributed by atoms with Gasteiger partial charge in [-0.25, -0.2) is 13.6 Å². The molecule has 9 heteroatoms. The molecular weight excluding hydrogens is 450 g/mol. The van der Waals surface area contributed by atoms with E-state index in [2.05, 4.69) is 17.9 Å². The number of hydrogen-bond donors (Lipinski definition) is 3. The highest BCUT2D eigenvalue weighted by Gasteiger charge is 2.12. The molecule has 0 heterocycles. The second-order valence-electron chi connectivity index (χ2n) is 6.70. The van der Waals surface area contributed by atoms with Crippen molar-refractivity contribution < 1.29 is 28.2 Å². The molecule has 33 heavy (non-hydrogen) atoms. The number of rotatable bonds is 7. The van der Waals surface area contributed by atoms with Crippen molar-refractivity contribution in [2.24, 2.45) is 0 Å². The van der Waals surface area contributed by atoms with Gasteiger partial charge in [0.15, 0.2) is 18.2 Å². The Hall–Kier alpha value is -3.61. The molecule has 3 aromatic carbocycles. The maximum Gasteiger partial charge on any atom is 0.341 e. The number of carboxylic acid groups (broad SMARTS) is 1. The maximum absolute atomic E-state index is 13.7. The van der Waals surface area contributed by atoms with E-state index in [0.29, 0.717) is 28.3 Å². The van der Waals surface area contributed by atoms with Crippen molar-refractivity contribution in [3.8, 4) is 28.7 Å². The van der Waals surface area contributed by atoms with Gasteiger partial charge in [-0.05, 0) is 66.7 Å². The second kappa shape index (κ2) is 12.4. The third kappa shape index (κ3) is 7.79. The standard InChI is InChI=1S/C17H15FN2O3.C7H7FOS/c1-20-9-11-2-3-16(23-10-17(21)22)15(6-11)13-4-12(8-19)5-14(18)7-13;1-9-7-3-2-5(10)4-6(7)8/h2-7,20H,9-10H2,1H3,(H,21,22);2-4,10H,1H3. The molecule has 0 spiro atoms. The van der Waals surface area contributed by atoms with Crippen LogP contribution in [0.15, 0.2) is 59.5 Å². The molecule has 0 saturated heterocycles. The van der Waals surface area contributed by atoms with E-state index in [1.807, 2.05) is 6.07 Å². The van der Waals surface area contributed by atoms with Crippen LogP contribution in [0.4, 0.5) is 8.78 Å². The van der Waals surface area contributed by atoms with Gasteiger partial charge in [0.1, 0.15) is 11.6 Å². The molecule has 0 aliphatic carbocycles. The predicted molar refractivity (Wildman–Crippen MR) is 123 cm³/mol. The molecule has 0 amide bonds. The number of halogens is 2. The van der Waals surface area contributed by atoms with Gasteiger partial charge in [-0.15, -0.1) is 12.6 Å². The SMILES string of the molecule is CNCc1ccc(OCC(=O)O)c(-c2cc(F)cc(C#N)c2)c1.COc1ccc(S)cc1F. The van der Waals surface area contributed by atoms with Crippen molar-refractivity contribution >= 4 is 18.6 Å². The monoisotopic (exact) mass is 472 g/mol. The molecule has 0 saturated carbocycles. The number of hydrogen-bond acceptors (Lipinski definition) is 6. The third-order valence-electron chi connectivity index (χ3n) is 4.25. The lowest BCUT2D eigenvalue weighted by Gasteiger charge is -2.13. The lowest BCUT2D eigenvalue weighted by molar-refractivity contribution is -0.139. The molecule has 0 fully saturated rings. The molecule has 3 aromatic rings. The number of carbonyl (C=O) groups is 1. The van der Waals surface area contributed by atoms with Crippen molar-refractivity contribution in [1.82, 2.24) is 5.32 Å². The highest BCUT2D eigenvalue weighted by Crippen LogP contribution is 2.32. The van der Waals surface area contributed by atoms with Crippen molar-refractivity contribution in [3.05, 3.63) is 77.4 Å². The molecular formula is C24H22F2N2O4S. The Balaban J connectivity index is 0.000000321. The number of carboxylic acids is 1. The number of nitriles is 1. The number of aliphatic carboxylic acids is 1. The van der Waals surface area contributed by atoms with Crippen molar-refractivity contribution in [2.45, 2.75) is 11.4 Å². The van der Waals surface area contributed by atoms with E-state index in [1.165, 1.54) is 31.4 Å². The van der Waals surface area contributed by atoms with Crippen LogP contribution in [-0.2, 0) is 11.3 Å².